The van der Waals surface area contributed by atoms with Crippen molar-refractivity contribution >= 4 is 0 Å². The highest BCUT2D eigenvalue weighted by Crippen LogP contribution is 2.10. The van der Waals surface area contributed by atoms with E-state index in [0.717, 1.165) is 19.6 Å². The first-order chi connectivity index (χ1) is 8.11. The third-order valence-corrected chi connectivity index (χ3v) is 3.44. The number of hydrogen-bond acceptors (Lipinski definition) is 3. The molecule has 0 aromatic rings. The average molecular weight is 243 g/mol. The van der Waals surface area contributed by atoms with Crippen LogP contribution in [-0.2, 0) is 0 Å². The van der Waals surface area contributed by atoms with Gasteiger partial charge in [0.15, 0.2) is 0 Å². The first-order valence-corrected chi connectivity index (χ1v) is 7.16. The highest BCUT2D eigenvalue weighted by molar-refractivity contribution is 4.70. The maximum Gasteiger partial charge on any atom is 0.0215 e. The molecule has 0 amide bonds. The molecule has 0 aromatic carbocycles. The summed E-state index contributed by atoms with van der Waals surface area (Å²) in [4.78, 5) is 4.64. The fourth-order valence-electron chi connectivity index (χ4n) is 2.04. The zero-order valence-electron chi connectivity index (χ0n) is 12.4. The Hall–Kier alpha value is -0.120. The van der Waals surface area contributed by atoms with E-state index in [1.807, 2.05) is 0 Å². The Morgan fingerprint density at radius 2 is 1.59 bits per heavy atom. The van der Waals surface area contributed by atoms with Gasteiger partial charge in [0.05, 0.1) is 0 Å². The van der Waals surface area contributed by atoms with Crippen molar-refractivity contribution in [3.8, 4) is 0 Å². The molecule has 0 aliphatic rings. The second-order valence-corrected chi connectivity index (χ2v) is 5.38. The Morgan fingerprint density at radius 3 is 2.12 bits per heavy atom. The molecule has 0 saturated heterocycles. The molecule has 3 heteroatoms. The molecule has 0 aromatic heterocycles. The largest absolute Gasteiger partial charge is 0.329 e. The number of nitrogens with two attached hydrogens (primary N) is 1. The van der Waals surface area contributed by atoms with E-state index in [1.165, 1.54) is 38.5 Å². The van der Waals surface area contributed by atoms with Crippen molar-refractivity contribution in [2.45, 2.75) is 51.5 Å². The molecule has 17 heavy (non-hydrogen) atoms. The molecule has 0 fully saturated rings. The van der Waals surface area contributed by atoms with E-state index < -0.39 is 0 Å². The van der Waals surface area contributed by atoms with Gasteiger partial charge in [-0.15, -0.1) is 0 Å². The van der Waals surface area contributed by atoms with Crippen molar-refractivity contribution in [2.24, 2.45) is 5.73 Å². The summed E-state index contributed by atoms with van der Waals surface area (Å²) in [6.45, 7) is 5.28. The number of likely N-dealkylation sites (N-methyl/N-ethyl adjacent to an activating group) is 2. The SMILES string of the molecule is CCCCCCCC(CN)N(C)CCN(C)C. The third kappa shape index (κ3) is 9.57. The summed E-state index contributed by atoms with van der Waals surface area (Å²) in [5.74, 6) is 0. The lowest BCUT2D eigenvalue weighted by Crippen LogP contribution is -2.41. The van der Waals surface area contributed by atoms with E-state index in [2.05, 4.69) is 37.9 Å². The summed E-state index contributed by atoms with van der Waals surface area (Å²) in [5, 5.41) is 0. The molecule has 1 unspecified atom stereocenters. The van der Waals surface area contributed by atoms with E-state index in [9.17, 15) is 0 Å². The van der Waals surface area contributed by atoms with Crippen molar-refractivity contribution in [2.75, 3.05) is 40.8 Å². The number of hydrogen-bond donors (Lipinski definition) is 1. The van der Waals surface area contributed by atoms with Crippen LogP contribution in [0.25, 0.3) is 0 Å². The van der Waals surface area contributed by atoms with Crippen LogP contribution in [0.5, 0.6) is 0 Å². The Labute approximate surface area is 108 Å². The van der Waals surface area contributed by atoms with Crippen LogP contribution in [0.15, 0.2) is 0 Å². The number of rotatable bonds is 11. The van der Waals surface area contributed by atoms with Crippen molar-refractivity contribution in [3.05, 3.63) is 0 Å². The maximum absolute atomic E-state index is 5.87. The van der Waals surface area contributed by atoms with Gasteiger partial charge in [0.1, 0.15) is 0 Å². The molecule has 3 nitrogen and oxygen atoms in total. The molecule has 0 saturated carbocycles. The smallest absolute Gasteiger partial charge is 0.0215 e. The van der Waals surface area contributed by atoms with Crippen molar-refractivity contribution in [3.63, 3.8) is 0 Å². The topological polar surface area (TPSA) is 32.5 Å². The molecule has 1 atom stereocenters. The summed E-state index contributed by atoms with van der Waals surface area (Å²) >= 11 is 0. The van der Waals surface area contributed by atoms with Crippen molar-refractivity contribution < 1.29 is 0 Å². The van der Waals surface area contributed by atoms with Crippen LogP contribution in [0.4, 0.5) is 0 Å². The molecule has 0 radical (unpaired) electrons. The average Bonchev–Trinajstić information content (AvgIpc) is 2.31. The van der Waals surface area contributed by atoms with Gasteiger partial charge >= 0.3 is 0 Å². The molecule has 0 heterocycles. The van der Waals surface area contributed by atoms with Gasteiger partial charge in [-0.25, -0.2) is 0 Å². The lowest BCUT2D eigenvalue weighted by Gasteiger charge is -2.28. The minimum Gasteiger partial charge on any atom is -0.329 e. The summed E-state index contributed by atoms with van der Waals surface area (Å²) < 4.78 is 0. The summed E-state index contributed by atoms with van der Waals surface area (Å²) in [7, 11) is 6.44. The molecule has 0 spiro atoms. The van der Waals surface area contributed by atoms with Crippen molar-refractivity contribution in [1.29, 1.82) is 0 Å². The van der Waals surface area contributed by atoms with Crippen LogP contribution in [0.3, 0.4) is 0 Å². The zero-order valence-corrected chi connectivity index (χ0v) is 12.4. The van der Waals surface area contributed by atoms with Crippen LogP contribution in [0.1, 0.15) is 45.4 Å². The van der Waals surface area contributed by atoms with Crippen molar-refractivity contribution in [1.82, 2.24) is 9.80 Å². The van der Waals surface area contributed by atoms with Crippen LogP contribution in [0, 0.1) is 0 Å². The third-order valence-electron chi connectivity index (χ3n) is 3.44. The van der Waals surface area contributed by atoms with Crippen LogP contribution in [0.2, 0.25) is 0 Å². The minimum absolute atomic E-state index is 0.566. The maximum atomic E-state index is 5.87. The molecular weight excluding hydrogens is 210 g/mol. The quantitative estimate of drug-likeness (QED) is 0.565. The molecular formula is C14H33N3. The molecule has 0 aliphatic heterocycles. The number of unbranched alkanes of at least 4 members (excludes halogenated alkanes) is 4. The molecule has 0 rings (SSSR count). The van der Waals surface area contributed by atoms with Gasteiger partial charge in [0.2, 0.25) is 0 Å². The molecule has 0 aliphatic carbocycles. The normalized spacial score (nSPS) is 13.6. The van der Waals surface area contributed by atoms with Gasteiger partial charge in [0.25, 0.3) is 0 Å². The van der Waals surface area contributed by atoms with Gasteiger partial charge in [-0.2, -0.15) is 0 Å². The zero-order chi connectivity index (χ0) is 13.1. The number of nitrogens with zero attached hydrogens (tertiary/aromatic N) is 2. The van der Waals surface area contributed by atoms with Crippen LogP contribution in [-0.4, -0.2) is 56.6 Å². The second-order valence-electron chi connectivity index (χ2n) is 5.38. The molecule has 0 bridgehead atoms. The highest BCUT2D eigenvalue weighted by Gasteiger charge is 2.12. The lowest BCUT2D eigenvalue weighted by molar-refractivity contribution is 0.208. The van der Waals surface area contributed by atoms with E-state index in [0.29, 0.717) is 6.04 Å². The summed E-state index contributed by atoms with van der Waals surface area (Å²) in [6.07, 6.45) is 8.03. The van der Waals surface area contributed by atoms with Gasteiger partial charge < -0.3 is 15.5 Å². The van der Waals surface area contributed by atoms with E-state index >= 15 is 0 Å². The Bertz CT molecular complexity index is 160. The summed E-state index contributed by atoms with van der Waals surface area (Å²) in [5.41, 5.74) is 5.87. The minimum atomic E-state index is 0.566. The molecule has 2 N–H and O–H groups in total. The molecule has 104 valence electrons. The van der Waals surface area contributed by atoms with Gasteiger partial charge in [0, 0.05) is 25.7 Å². The van der Waals surface area contributed by atoms with Crippen LogP contribution >= 0.6 is 0 Å². The second kappa shape index (κ2) is 11.0. The Kier molecular flexibility index (Phi) is 10.9. The fourth-order valence-corrected chi connectivity index (χ4v) is 2.04. The lowest BCUT2D eigenvalue weighted by atomic mass is 10.1. The Balaban J connectivity index is 3.65. The monoisotopic (exact) mass is 243 g/mol. The first kappa shape index (κ1) is 16.9. The first-order valence-electron chi connectivity index (χ1n) is 7.16. The van der Waals surface area contributed by atoms with Gasteiger partial charge in [-0.3, -0.25) is 0 Å². The fraction of sp³-hybridized carbons (Fsp3) is 1.00. The van der Waals surface area contributed by atoms with E-state index in [1.54, 1.807) is 0 Å². The standard InChI is InChI=1S/C14H33N3/c1-5-6-7-8-9-10-14(13-15)17(4)12-11-16(2)3/h14H,5-13,15H2,1-4H3. The Morgan fingerprint density at radius 1 is 0.941 bits per heavy atom. The predicted molar refractivity (Wildman–Crippen MR) is 77.4 cm³/mol. The van der Waals surface area contributed by atoms with Gasteiger partial charge in [-0.05, 0) is 27.6 Å². The highest BCUT2D eigenvalue weighted by atomic mass is 15.2. The summed E-state index contributed by atoms with van der Waals surface area (Å²) in [6, 6.07) is 0.566. The van der Waals surface area contributed by atoms with E-state index in [4.69, 9.17) is 5.73 Å². The van der Waals surface area contributed by atoms with Gasteiger partial charge in [-0.1, -0.05) is 39.0 Å². The predicted octanol–water partition coefficient (Wildman–Crippen LogP) is 2.17. The van der Waals surface area contributed by atoms with E-state index in [-0.39, 0.29) is 0 Å². The van der Waals surface area contributed by atoms with Crippen LogP contribution < -0.4 is 5.73 Å².